The Morgan fingerprint density at radius 3 is 2.49 bits per heavy atom. The van der Waals surface area contributed by atoms with Crippen LogP contribution in [0.15, 0.2) is 29.2 Å². The lowest BCUT2D eigenvalue weighted by Crippen LogP contribution is -2.33. The van der Waals surface area contributed by atoms with Crippen molar-refractivity contribution < 1.29 is 13.2 Å². The predicted octanol–water partition coefficient (Wildman–Crippen LogP) is 1.05. The van der Waals surface area contributed by atoms with Crippen molar-refractivity contribution in [2.24, 2.45) is 5.14 Å². The monoisotopic (exact) mass is 489 g/mol. The molecular formula is C23H21N8O3S+. The average Bonchev–Trinajstić information content (AvgIpc) is 3.45. The van der Waals surface area contributed by atoms with Crippen molar-refractivity contribution in [1.82, 2.24) is 24.5 Å². The van der Waals surface area contributed by atoms with Gasteiger partial charge in [0.2, 0.25) is 15.9 Å². The Morgan fingerprint density at radius 2 is 1.83 bits per heavy atom. The van der Waals surface area contributed by atoms with Gasteiger partial charge < -0.3 is 9.97 Å². The van der Waals surface area contributed by atoms with Crippen molar-refractivity contribution >= 4 is 49.5 Å². The molecule has 1 aromatic carbocycles. The molecule has 3 aromatic heterocycles. The van der Waals surface area contributed by atoms with Crippen molar-refractivity contribution in [2.75, 3.05) is 18.0 Å². The standard InChI is InChI=1S/C23H20N8O3S/c1-12-26-20-19-18(16(11-24)22(28-20)30-8-2-3-9-30)15-10-17(32)31(23(15)29-21(19)27-12)13-4-6-14(7-5-13)35(25,33)34/h4-7H,2-3,8-10H2,1H3,(H3,25,26,27,28,29,33,34)/p+1. The van der Waals surface area contributed by atoms with Crippen molar-refractivity contribution in [2.45, 2.75) is 31.1 Å². The highest BCUT2D eigenvalue weighted by molar-refractivity contribution is 7.89. The molecular weight excluding hydrogens is 468 g/mol. The Labute approximate surface area is 199 Å². The number of H-pyrrole nitrogens is 2. The minimum Gasteiger partial charge on any atom is -0.329 e. The summed E-state index contributed by atoms with van der Waals surface area (Å²) in [7, 11) is -3.86. The molecule has 0 atom stereocenters. The number of sulfonamides is 1. The number of carbonyl (C=O) groups excluding carboxylic acids is 1. The van der Waals surface area contributed by atoms with Crippen molar-refractivity contribution in [3.8, 4) is 6.07 Å². The minimum absolute atomic E-state index is 0.0445. The number of aromatic amines is 2. The SMILES string of the molecule is Cc1nc2nc(=[N+]3CCCC3)c(C#N)c3c4c([nH]c([nH]1)c23)N(c1ccc(S(N)(=O)=O)cc1)C(=O)C4. The molecule has 0 radical (unpaired) electrons. The van der Waals surface area contributed by atoms with Gasteiger partial charge in [0, 0.05) is 10.9 Å². The highest BCUT2D eigenvalue weighted by Gasteiger charge is 2.35. The summed E-state index contributed by atoms with van der Waals surface area (Å²) in [4.78, 5) is 30.6. The number of hydrogen-bond acceptors (Lipinski definition) is 6. The number of benzene rings is 1. The summed E-state index contributed by atoms with van der Waals surface area (Å²) in [5.41, 5.74) is 3.29. The molecule has 1 fully saturated rings. The quantitative estimate of drug-likeness (QED) is 0.356. The van der Waals surface area contributed by atoms with Gasteiger partial charge in [-0.2, -0.15) is 10.2 Å². The van der Waals surface area contributed by atoms with Crippen molar-refractivity contribution in [3.05, 3.63) is 46.7 Å². The number of nitrogens with zero attached hydrogens (tertiary/aromatic N) is 5. The number of carbonyl (C=O) groups is 1. The van der Waals surface area contributed by atoms with Crippen LogP contribution in [0, 0.1) is 18.3 Å². The van der Waals surface area contributed by atoms with E-state index in [9.17, 15) is 18.5 Å². The van der Waals surface area contributed by atoms with E-state index < -0.39 is 10.0 Å². The molecule has 5 heterocycles. The molecule has 11 nitrogen and oxygen atoms in total. The molecule has 6 rings (SSSR count). The second kappa shape index (κ2) is 7.46. The van der Waals surface area contributed by atoms with Gasteiger partial charge in [-0.1, -0.05) is 0 Å². The Kier molecular flexibility index (Phi) is 4.57. The summed E-state index contributed by atoms with van der Waals surface area (Å²) in [5, 5.41) is 16.8. The number of fused-ring (bicyclic) bond motifs is 2. The lowest BCUT2D eigenvalue weighted by Gasteiger charge is -2.19. The van der Waals surface area contributed by atoms with Crippen molar-refractivity contribution in [1.29, 1.82) is 5.26 Å². The van der Waals surface area contributed by atoms with E-state index in [4.69, 9.17) is 10.1 Å². The van der Waals surface area contributed by atoms with Crippen LogP contribution < -0.4 is 20.1 Å². The molecule has 2 aliphatic rings. The van der Waals surface area contributed by atoms with Crippen LogP contribution in [-0.2, 0) is 21.2 Å². The largest absolute Gasteiger partial charge is 0.339 e. The van der Waals surface area contributed by atoms with Gasteiger partial charge in [0.05, 0.1) is 35.5 Å². The first-order valence-corrected chi connectivity index (χ1v) is 12.7. The third-order valence-electron chi connectivity index (χ3n) is 6.56. The molecule has 1 saturated heterocycles. The van der Waals surface area contributed by atoms with Gasteiger partial charge in [-0.05, 0) is 49.0 Å². The third-order valence-corrected chi connectivity index (χ3v) is 7.49. The first-order valence-electron chi connectivity index (χ1n) is 11.2. The number of nitriles is 1. The van der Waals surface area contributed by atoms with Crippen LogP contribution in [0.3, 0.4) is 0 Å². The van der Waals surface area contributed by atoms with Crippen LogP contribution in [0.2, 0.25) is 0 Å². The van der Waals surface area contributed by atoms with Crippen LogP contribution in [0.5, 0.6) is 0 Å². The highest BCUT2D eigenvalue weighted by atomic mass is 32.2. The molecule has 4 N–H and O–H groups in total. The van der Waals surface area contributed by atoms with Gasteiger partial charge in [0.1, 0.15) is 23.4 Å². The molecule has 2 aliphatic heterocycles. The molecule has 0 aliphatic carbocycles. The van der Waals surface area contributed by atoms with E-state index >= 15 is 0 Å². The maximum absolute atomic E-state index is 13.3. The Bertz CT molecular complexity index is 1790. The zero-order chi connectivity index (χ0) is 24.5. The second-order valence-electron chi connectivity index (χ2n) is 8.78. The van der Waals surface area contributed by atoms with E-state index in [-0.39, 0.29) is 17.2 Å². The summed E-state index contributed by atoms with van der Waals surface area (Å²) in [6.07, 6.45) is 2.12. The van der Waals surface area contributed by atoms with E-state index in [0.717, 1.165) is 25.9 Å². The highest BCUT2D eigenvalue weighted by Crippen LogP contribution is 2.40. The number of nitrogens with one attached hydrogen (secondary N) is 2. The minimum atomic E-state index is -3.86. The molecule has 1 amide bonds. The number of nitrogens with two attached hydrogens (primary N) is 1. The van der Waals surface area contributed by atoms with Gasteiger partial charge in [-0.25, -0.2) is 13.6 Å². The van der Waals surface area contributed by atoms with Crippen molar-refractivity contribution in [3.63, 3.8) is 0 Å². The van der Waals surface area contributed by atoms with Gasteiger partial charge in [0.25, 0.3) is 5.65 Å². The number of aryl methyl sites for hydroxylation is 1. The first-order chi connectivity index (χ1) is 16.8. The fraction of sp³-hybridized carbons (Fsp3) is 0.261. The summed E-state index contributed by atoms with van der Waals surface area (Å²) < 4.78 is 25.4. The molecule has 0 bridgehead atoms. The Balaban J connectivity index is 1.69. The van der Waals surface area contributed by atoms with Crippen LogP contribution in [0.1, 0.15) is 29.8 Å². The summed E-state index contributed by atoms with van der Waals surface area (Å²) >= 11 is 0. The number of rotatable bonds is 2. The van der Waals surface area contributed by atoms with E-state index in [2.05, 4.69) is 25.6 Å². The van der Waals surface area contributed by atoms with Gasteiger partial charge >= 0.3 is 5.49 Å². The zero-order valence-corrected chi connectivity index (χ0v) is 19.6. The zero-order valence-electron chi connectivity index (χ0n) is 18.8. The van der Waals surface area contributed by atoms with Crippen LogP contribution >= 0.6 is 0 Å². The van der Waals surface area contributed by atoms with Crippen LogP contribution in [0.4, 0.5) is 11.5 Å². The van der Waals surface area contributed by atoms with E-state index in [0.29, 0.717) is 56.0 Å². The molecule has 176 valence electrons. The Morgan fingerprint density at radius 1 is 1.11 bits per heavy atom. The third kappa shape index (κ3) is 3.23. The van der Waals surface area contributed by atoms with Crippen LogP contribution in [-0.4, -0.2) is 47.4 Å². The normalized spacial score (nSPS) is 15.9. The number of pyridine rings is 2. The number of anilines is 2. The maximum atomic E-state index is 13.3. The van der Waals surface area contributed by atoms with Crippen LogP contribution in [0.25, 0.3) is 22.1 Å². The summed E-state index contributed by atoms with van der Waals surface area (Å²) in [6.45, 7) is 3.44. The first kappa shape index (κ1) is 21.5. The Hall–Kier alpha value is -4.08. The fourth-order valence-electron chi connectivity index (χ4n) is 5.06. The summed E-state index contributed by atoms with van der Waals surface area (Å²) in [6, 6.07) is 8.15. The number of aromatic nitrogens is 4. The summed E-state index contributed by atoms with van der Waals surface area (Å²) in [5.74, 6) is 0.942. The van der Waals surface area contributed by atoms with E-state index in [1.165, 1.54) is 29.2 Å². The molecule has 0 unspecified atom stereocenters. The maximum Gasteiger partial charge on any atom is 0.339 e. The second-order valence-corrected chi connectivity index (χ2v) is 10.3. The fourth-order valence-corrected chi connectivity index (χ4v) is 5.57. The van der Waals surface area contributed by atoms with E-state index in [1.807, 2.05) is 6.92 Å². The van der Waals surface area contributed by atoms with E-state index in [1.54, 1.807) is 0 Å². The molecule has 0 saturated carbocycles. The van der Waals surface area contributed by atoms with Gasteiger partial charge in [0.15, 0.2) is 5.56 Å². The van der Waals surface area contributed by atoms with Gasteiger partial charge in [-0.3, -0.25) is 14.3 Å². The predicted molar refractivity (Wildman–Crippen MR) is 128 cm³/mol. The number of primary sulfonamides is 1. The average molecular weight is 490 g/mol. The molecule has 12 heteroatoms. The molecule has 0 spiro atoms. The molecule has 35 heavy (non-hydrogen) atoms. The van der Waals surface area contributed by atoms with Gasteiger partial charge in [-0.15, -0.1) is 0 Å². The lowest BCUT2D eigenvalue weighted by molar-refractivity contribution is -0.116. The molecule has 4 aromatic rings. The lowest BCUT2D eigenvalue weighted by atomic mass is 10.0. The number of hydrogen-bond donors (Lipinski definition) is 3. The topological polar surface area (TPSA) is 165 Å². The smallest absolute Gasteiger partial charge is 0.329 e. The number of amides is 1.